The maximum absolute atomic E-state index is 12.6. The summed E-state index contributed by atoms with van der Waals surface area (Å²) in [6.07, 6.45) is 0. The second-order valence-corrected chi connectivity index (χ2v) is 11.1. The molecule has 0 saturated heterocycles. The van der Waals surface area contributed by atoms with E-state index in [0.29, 0.717) is 49.1 Å². The van der Waals surface area contributed by atoms with Gasteiger partial charge in [0.25, 0.3) is 0 Å². The van der Waals surface area contributed by atoms with E-state index in [1.807, 2.05) is 23.6 Å². The lowest BCUT2D eigenvalue weighted by Gasteiger charge is -2.08. The van der Waals surface area contributed by atoms with Crippen molar-refractivity contribution in [2.24, 2.45) is 5.14 Å². The van der Waals surface area contributed by atoms with Crippen LogP contribution in [0.4, 0.5) is 16.6 Å². The number of benzene rings is 3. The van der Waals surface area contributed by atoms with Crippen LogP contribution in [0.2, 0.25) is 0 Å². The predicted molar refractivity (Wildman–Crippen MR) is 146 cm³/mol. The fraction of sp³-hybridized carbons (Fsp3) is 0. The van der Waals surface area contributed by atoms with Crippen LogP contribution in [0, 0.1) is 0 Å². The molecule has 12 heteroatoms. The monoisotopic (exact) mass is 549 g/mol. The standard InChI is InChI=1S/C25H19N5O4S3/c26-22-21(36-25(30-22)28-16-10-12-17(13-11-16)37(27,32)33)23-29-19(14-35-23)18-8-4-5-9-20(18)34-24(31)15-6-2-1-3-7-15/h1-14H,26H2,(H,28,30)(H2,27,32,33). The Morgan fingerprint density at radius 1 is 0.919 bits per heavy atom. The molecule has 0 aliphatic carbocycles. The number of esters is 1. The number of carbonyl (C=O) groups is 1. The summed E-state index contributed by atoms with van der Waals surface area (Å²) >= 11 is 2.70. The van der Waals surface area contributed by atoms with Gasteiger partial charge in [-0.1, -0.05) is 41.7 Å². The number of thiazole rings is 2. The van der Waals surface area contributed by atoms with E-state index in [1.54, 1.807) is 48.5 Å². The van der Waals surface area contributed by atoms with Crippen molar-refractivity contribution < 1.29 is 17.9 Å². The fourth-order valence-corrected chi connectivity index (χ4v) is 5.73. The van der Waals surface area contributed by atoms with Gasteiger partial charge >= 0.3 is 5.97 Å². The van der Waals surface area contributed by atoms with Gasteiger partial charge in [-0.25, -0.2) is 28.3 Å². The Labute approximate surface area is 220 Å². The smallest absolute Gasteiger partial charge is 0.343 e. The van der Waals surface area contributed by atoms with Gasteiger partial charge in [0.2, 0.25) is 10.0 Å². The number of sulfonamides is 1. The number of anilines is 3. The first-order valence-electron chi connectivity index (χ1n) is 10.8. The first-order chi connectivity index (χ1) is 17.8. The molecule has 0 atom stereocenters. The number of para-hydroxylation sites is 1. The summed E-state index contributed by atoms with van der Waals surface area (Å²) in [7, 11) is -3.77. The van der Waals surface area contributed by atoms with E-state index >= 15 is 0 Å². The summed E-state index contributed by atoms with van der Waals surface area (Å²) < 4.78 is 28.6. The molecule has 0 bridgehead atoms. The molecule has 0 aliphatic heterocycles. The van der Waals surface area contributed by atoms with Gasteiger partial charge in [-0.15, -0.1) is 11.3 Å². The molecular formula is C25H19N5O4S3. The first-order valence-corrected chi connectivity index (χ1v) is 14.0. The van der Waals surface area contributed by atoms with E-state index in [0.717, 1.165) is 0 Å². The summed E-state index contributed by atoms with van der Waals surface area (Å²) in [5.41, 5.74) is 8.56. The highest BCUT2D eigenvalue weighted by Crippen LogP contribution is 2.40. The second-order valence-electron chi connectivity index (χ2n) is 7.72. The minimum absolute atomic E-state index is 0.0161. The number of aromatic nitrogens is 2. The zero-order valence-electron chi connectivity index (χ0n) is 19.0. The molecule has 0 radical (unpaired) electrons. The maximum atomic E-state index is 12.6. The average molecular weight is 550 g/mol. The molecule has 3 aromatic carbocycles. The third kappa shape index (κ3) is 5.52. The molecule has 5 aromatic rings. The van der Waals surface area contributed by atoms with E-state index in [9.17, 15) is 13.2 Å². The van der Waals surface area contributed by atoms with Crippen molar-refractivity contribution in [2.75, 3.05) is 11.1 Å². The van der Waals surface area contributed by atoms with Gasteiger partial charge in [-0.3, -0.25) is 0 Å². The molecule has 0 spiro atoms. The average Bonchev–Trinajstić information content (AvgIpc) is 3.51. The number of rotatable bonds is 7. The highest BCUT2D eigenvalue weighted by molar-refractivity contribution is 7.89. The molecule has 0 fully saturated rings. The molecule has 9 nitrogen and oxygen atoms in total. The normalized spacial score (nSPS) is 11.3. The number of hydrogen-bond acceptors (Lipinski definition) is 10. The minimum atomic E-state index is -3.77. The predicted octanol–water partition coefficient (Wildman–Crippen LogP) is 5.13. The van der Waals surface area contributed by atoms with Crippen LogP contribution in [0.25, 0.3) is 21.1 Å². The zero-order chi connectivity index (χ0) is 26.0. The third-order valence-electron chi connectivity index (χ3n) is 5.16. The lowest BCUT2D eigenvalue weighted by Crippen LogP contribution is -2.11. The van der Waals surface area contributed by atoms with E-state index in [-0.39, 0.29) is 4.90 Å². The van der Waals surface area contributed by atoms with Crippen LogP contribution in [0.5, 0.6) is 5.75 Å². The number of carbonyl (C=O) groups excluding carboxylic acids is 1. The van der Waals surface area contributed by atoms with Gasteiger partial charge in [-0.05, 0) is 48.5 Å². The van der Waals surface area contributed by atoms with Crippen molar-refractivity contribution >= 4 is 55.3 Å². The van der Waals surface area contributed by atoms with Crippen molar-refractivity contribution in [1.29, 1.82) is 0 Å². The van der Waals surface area contributed by atoms with E-state index < -0.39 is 16.0 Å². The van der Waals surface area contributed by atoms with Crippen LogP contribution in [0.15, 0.2) is 89.1 Å². The summed E-state index contributed by atoms with van der Waals surface area (Å²) in [5, 5.41) is 11.3. The number of nitrogens with one attached hydrogen (secondary N) is 1. The van der Waals surface area contributed by atoms with Gasteiger partial charge in [0.15, 0.2) is 5.13 Å². The van der Waals surface area contributed by atoms with Gasteiger partial charge in [0.1, 0.15) is 21.5 Å². The molecule has 0 aliphatic rings. The Hall–Kier alpha value is -4.10. The maximum Gasteiger partial charge on any atom is 0.343 e. The Balaban J connectivity index is 1.37. The van der Waals surface area contributed by atoms with Crippen molar-refractivity contribution in [3.63, 3.8) is 0 Å². The molecule has 5 N–H and O–H groups in total. The lowest BCUT2D eigenvalue weighted by molar-refractivity contribution is 0.0735. The van der Waals surface area contributed by atoms with Crippen molar-refractivity contribution in [2.45, 2.75) is 4.90 Å². The first kappa shape index (κ1) is 24.6. The summed E-state index contributed by atoms with van der Waals surface area (Å²) in [6.45, 7) is 0. The van der Waals surface area contributed by atoms with E-state index in [1.165, 1.54) is 34.8 Å². The molecule has 0 amide bonds. The molecule has 37 heavy (non-hydrogen) atoms. The Bertz CT molecular complexity index is 1680. The van der Waals surface area contributed by atoms with Crippen LogP contribution in [-0.2, 0) is 10.0 Å². The largest absolute Gasteiger partial charge is 0.422 e. The SMILES string of the molecule is Nc1nc(Nc2ccc(S(N)(=O)=O)cc2)sc1-c1nc(-c2ccccc2OC(=O)c2ccccc2)cs1. The number of primary sulfonamides is 1. The molecule has 2 heterocycles. The molecule has 186 valence electrons. The van der Waals surface area contributed by atoms with Crippen LogP contribution >= 0.6 is 22.7 Å². The van der Waals surface area contributed by atoms with Crippen LogP contribution in [-0.4, -0.2) is 24.4 Å². The van der Waals surface area contributed by atoms with Crippen molar-refractivity contribution in [1.82, 2.24) is 9.97 Å². The van der Waals surface area contributed by atoms with Crippen molar-refractivity contribution in [3.05, 3.63) is 89.8 Å². The minimum Gasteiger partial charge on any atom is -0.422 e. The van der Waals surface area contributed by atoms with Gasteiger partial charge in [0, 0.05) is 16.6 Å². The van der Waals surface area contributed by atoms with Crippen LogP contribution < -0.4 is 20.9 Å². The zero-order valence-corrected chi connectivity index (χ0v) is 21.4. The molecule has 0 saturated carbocycles. The summed E-state index contributed by atoms with van der Waals surface area (Å²) in [4.78, 5) is 22.4. The highest BCUT2D eigenvalue weighted by atomic mass is 32.2. The number of nitrogens with two attached hydrogens (primary N) is 2. The molecule has 5 rings (SSSR count). The van der Waals surface area contributed by atoms with Crippen LogP contribution in [0.3, 0.4) is 0 Å². The number of hydrogen-bond donors (Lipinski definition) is 3. The number of nitrogen functional groups attached to an aromatic ring is 1. The van der Waals surface area contributed by atoms with Gasteiger partial charge in [-0.2, -0.15) is 0 Å². The summed E-state index contributed by atoms with van der Waals surface area (Å²) in [6, 6.07) is 22.0. The fourth-order valence-electron chi connectivity index (χ4n) is 3.39. The highest BCUT2D eigenvalue weighted by Gasteiger charge is 2.18. The molecular weight excluding hydrogens is 531 g/mol. The molecule has 0 unspecified atom stereocenters. The van der Waals surface area contributed by atoms with E-state index in [2.05, 4.69) is 10.3 Å². The van der Waals surface area contributed by atoms with Gasteiger partial charge in [0.05, 0.1) is 16.2 Å². The van der Waals surface area contributed by atoms with Gasteiger partial charge < -0.3 is 15.8 Å². The topological polar surface area (TPSA) is 150 Å². The Morgan fingerprint density at radius 2 is 1.62 bits per heavy atom. The Kier molecular flexibility index (Phi) is 6.72. The third-order valence-corrected chi connectivity index (χ3v) is 8.07. The number of ether oxygens (including phenoxy) is 1. The summed E-state index contributed by atoms with van der Waals surface area (Å²) in [5.74, 6) is 0.247. The van der Waals surface area contributed by atoms with E-state index in [4.69, 9.17) is 20.6 Å². The quantitative estimate of drug-likeness (QED) is 0.187. The molecule has 2 aromatic heterocycles. The van der Waals surface area contributed by atoms with Crippen molar-refractivity contribution in [3.8, 4) is 26.9 Å². The second kappa shape index (κ2) is 10.1. The number of nitrogens with zero attached hydrogens (tertiary/aromatic N) is 2. The lowest BCUT2D eigenvalue weighted by atomic mass is 10.1. The Morgan fingerprint density at radius 3 is 2.35 bits per heavy atom. The van der Waals surface area contributed by atoms with Crippen LogP contribution in [0.1, 0.15) is 10.4 Å².